The Balaban J connectivity index is 0.00000420. The first-order valence-corrected chi connectivity index (χ1v) is 14.6. The summed E-state index contributed by atoms with van der Waals surface area (Å²) in [7, 11) is 0. The predicted octanol–water partition coefficient (Wildman–Crippen LogP) is 3.98. The number of thiazole rings is 1. The van der Waals surface area contributed by atoms with Crippen LogP contribution in [0.4, 0.5) is 0 Å². The van der Waals surface area contributed by atoms with E-state index in [1.807, 2.05) is 57.5 Å². The van der Waals surface area contributed by atoms with Gasteiger partial charge in [0.2, 0.25) is 17.7 Å². The average Bonchev–Trinajstić information content (AvgIpc) is 3.50. The summed E-state index contributed by atoms with van der Waals surface area (Å²) in [6, 6.07) is 6.32. The molecule has 12 heteroatoms. The van der Waals surface area contributed by atoms with Crippen LogP contribution in [0, 0.1) is 12.3 Å². The van der Waals surface area contributed by atoms with Gasteiger partial charge in [-0.15, -0.1) is 36.2 Å². The number of aliphatic hydroxyl groups excluding tert-OH is 1. The molecule has 1 aromatic carbocycles. The highest BCUT2D eigenvalue weighted by atomic mass is 35.5. The highest BCUT2D eigenvalue weighted by Crippen LogP contribution is 2.28. The third kappa shape index (κ3) is 10.5. The maximum absolute atomic E-state index is 13.7. The third-order valence-electron chi connectivity index (χ3n) is 7.07. The topological polar surface area (TPSA) is 138 Å². The van der Waals surface area contributed by atoms with E-state index < -0.39 is 23.6 Å². The number of aryl methyl sites for hydroxylation is 1. The lowest BCUT2D eigenvalue weighted by atomic mass is 9.85. The molecule has 0 aliphatic carbocycles. The fraction of sp³-hybridized carbons (Fsp3) is 0.586. The Morgan fingerprint density at radius 1 is 1.12 bits per heavy atom. The second kappa shape index (κ2) is 17.0. The van der Waals surface area contributed by atoms with Crippen molar-refractivity contribution in [1.82, 2.24) is 20.5 Å². The molecule has 2 heterocycles. The normalized spacial score (nSPS) is 17.3. The maximum Gasteiger partial charge on any atom is 0.246 e. The van der Waals surface area contributed by atoms with Crippen LogP contribution in [0.2, 0.25) is 0 Å². The summed E-state index contributed by atoms with van der Waals surface area (Å²) in [4.78, 5) is 46.3. The number of hydrogen-bond donors (Lipinski definition) is 4. The van der Waals surface area contributed by atoms with E-state index in [0.29, 0.717) is 19.5 Å². The number of carbonyl (C=O) groups is 3. The molecule has 230 valence electrons. The van der Waals surface area contributed by atoms with E-state index in [4.69, 9.17) is 5.73 Å². The van der Waals surface area contributed by atoms with Gasteiger partial charge < -0.3 is 26.4 Å². The van der Waals surface area contributed by atoms with Crippen LogP contribution < -0.4 is 16.4 Å². The molecule has 1 fully saturated rings. The van der Waals surface area contributed by atoms with Crippen LogP contribution in [-0.4, -0.2) is 64.0 Å². The van der Waals surface area contributed by atoms with Gasteiger partial charge in [0.25, 0.3) is 0 Å². The van der Waals surface area contributed by atoms with E-state index in [0.717, 1.165) is 47.4 Å². The average molecular weight is 631 g/mol. The summed E-state index contributed by atoms with van der Waals surface area (Å²) in [6.45, 7) is 8.63. The van der Waals surface area contributed by atoms with E-state index in [1.165, 1.54) is 4.90 Å². The van der Waals surface area contributed by atoms with Crippen molar-refractivity contribution in [2.45, 2.75) is 91.0 Å². The molecule has 0 radical (unpaired) electrons. The molecule has 1 aliphatic heterocycles. The van der Waals surface area contributed by atoms with Gasteiger partial charge in [0, 0.05) is 25.9 Å². The number of hydrogen-bond acceptors (Lipinski definition) is 7. The minimum absolute atomic E-state index is 0. The molecule has 3 atom stereocenters. The zero-order valence-electron chi connectivity index (χ0n) is 24.4. The number of nitrogens with one attached hydrogen (secondary N) is 2. The number of carbonyl (C=O) groups excluding carboxylic acids is 3. The second-order valence-electron chi connectivity index (χ2n) is 11.4. The Kier molecular flexibility index (Phi) is 15.3. The highest BCUT2D eigenvalue weighted by Gasteiger charge is 2.44. The van der Waals surface area contributed by atoms with E-state index >= 15 is 0 Å². The monoisotopic (exact) mass is 629 g/mol. The van der Waals surface area contributed by atoms with Crippen LogP contribution >= 0.6 is 36.2 Å². The summed E-state index contributed by atoms with van der Waals surface area (Å²) >= 11 is 1.59. The molecule has 41 heavy (non-hydrogen) atoms. The van der Waals surface area contributed by atoms with Gasteiger partial charge in [0.1, 0.15) is 12.1 Å². The van der Waals surface area contributed by atoms with Crippen molar-refractivity contribution < 1.29 is 19.5 Å². The highest BCUT2D eigenvalue weighted by molar-refractivity contribution is 7.13. The number of nitrogens with two attached hydrogens (primary N) is 1. The summed E-state index contributed by atoms with van der Waals surface area (Å²) < 4.78 is 0. The molecule has 3 amide bonds. The number of aliphatic hydroxyl groups is 1. The number of amides is 3. The summed E-state index contributed by atoms with van der Waals surface area (Å²) in [6.07, 6.45) is 3.24. The SMILES string of the molecule is Cc1ncsc1-c1ccc(CNC(=O)[C@@H]2C[C@@H](O)CN2C(=O)[C@@H](NC(=O)CCCCCCN)C(C)(C)C)cc1.Cl.Cl. The predicted molar refractivity (Wildman–Crippen MR) is 168 cm³/mol. The van der Waals surface area contributed by atoms with Crippen LogP contribution in [0.1, 0.15) is 70.6 Å². The summed E-state index contributed by atoms with van der Waals surface area (Å²) in [5.74, 6) is -0.852. The molecule has 3 rings (SSSR count). The number of halogens is 2. The quantitative estimate of drug-likeness (QED) is 0.262. The van der Waals surface area contributed by atoms with Crippen molar-refractivity contribution in [2.75, 3.05) is 13.1 Å². The lowest BCUT2D eigenvalue weighted by Gasteiger charge is -2.35. The third-order valence-corrected chi connectivity index (χ3v) is 8.05. The number of benzene rings is 1. The van der Waals surface area contributed by atoms with Gasteiger partial charge in [-0.3, -0.25) is 14.4 Å². The lowest BCUT2D eigenvalue weighted by Crippen LogP contribution is -2.57. The number of nitrogens with zero attached hydrogens (tertiary/aromatic N) is 2. The smallest absolute Gasteiger partial charge is 0.246 e. The molecule has 2 aromatic rings. The van der Waals surface area contributed by atoms with Gasteiger partial charge >= 0.3 is 0 Å². The van der Waals surface area contributed by atoms with Crippen LogP contribution in [0.25, 0.3) is 10.4 Å². The fourth-order valence-electron chi connectivity index (χ4n) is 4.80. The molecule has 0 unspecified atom stereocenters. The molecular weight excluding hydrogens is 585 g/mol. The largest absolute Gasteiger partial charge is 0.391 e. The second-order valence-corrected chi connectivity index (χ2v) is 12.3. The molecule has 1 aliphatic rings. The Morgan fingerprint density at radius 3 is 2.37 bits per heavy atom. The zero-order chi connectivity index (χ0) is 28.6. The lowest BCUT2D eigenvalue weighted by molar-refractivity contribution is -0.144. The van der Waals surface area contributed by atoms with E-state index in [2.05, 4.69) is 15.6 Å². The van der Waals surface area contributed by atoms with Crippen LogP contribution in [0.15, 0.2) is 29.8 Å². The first-order valence-electron chi connectivity index (χ1n) is 13.8. The van der Waals surface area contributed by atoms with Crippen molar-refractivity contribution >= 4 is 53.9 Å². The minimum Gasteiger partial charge on any atom is -0.391 e. The Morgan fingerprint density at radius 2 is 1.78 bits per heavy atom. The molecule has 0 spiro atoms. The molecular formula is C29H45Cl2N5O4S. The zero-order valence-corrected chi connectivity index (χ0v) is 26.8. The standard InChI is InChI=1S/C29H43N5O4S.2ClH/c1-19-25(39-18-32-19)21-12-10-20(11-13-21)16-31-27(37)23-15-22(35)17-34(23)28(38)26(29(2,3)4)33-24(36)9-7-5-6-8-14-30;;/h10-13,18,22-23,26,35H,5-9,14-17,30H2,1-4H3,(H,31,37)(H,33,36);2*1H/t22-,23+,26-;;/m1../s1. The number of aromatic nitrogens is 1. The number of unbranched alkanes of at least 4 members (excludes halogenated alkanes) is 3. The van der Waals surface area contributed by atoms with Gasteiger partial charge in [-0.2, -0.15) is 0 Å². The number of likely N-dealkylation sites (tertiary alicyclic amines) is 1. The number of β-amino-alcohol motifs (C(OH)–C–C–N with tert-alkyl or cyclic N) is 1. The summed E-state index contributed by atoms with van der Waals surface area (Å²) in [5.41, 5.74) is 9.76. The molecule has 1 saturated heterocycles. The minimum atomic E-state index is -0.808. The van der Waals surface area contributed by atoms with Crippen molar-refractivity contribution in [3.63, 3.8) is 0 Å². The van der Waals surface area contributed by atoms with Crippen molar-refractivity contribution in [2.24, 2.45) is 11.1 Å². The molecule has 0 saturated carbocycles. The van der Waals surface area contributed by atoms with Gasteiger partial charge in [-0.05, 0) is 42.9 Å². The molecule has 1 aromatic heterocycles. The maximum atomic E-state index is 13.7. The number of rotatable bonds is 12. The Bertz CT molecular complexity index is 1120. The molecule has 0 bridgehead atoms. The van der Waals surface area contributed by atoms with Crippen LogP contribution in [0.3, 0.4) is 0 Å². The molecule has 9 nitrogen and oxygen atoms in total. The van der Waals surface area contributed by atoms with Gasteiger partial charge in [-0.1, -0.05) is 57.9 Å². The Hall–Kier alpha value is -2.24. The van der Waals surface area contributed by atoms with Gasteiger partial charge in [0.15, 0.2) is 0 Å². The van der Waals surface area contributed by atoms with Gasteiger partial charge in [0.05, 0.1) is 22.2 Å². The van der Waals surface area contributed by atoms with E-state index in [9.17, 15) is 19.5 Å². The van der Waals surface area contributed by atoms with Gasteiger partial charge in [-0.25, -0.2) is 4.98 Å². The summed E-state index contributed by atoms with van der Waals surface area (Å²) in [5, 5.41) is 16.2. The van der Waals surface area contributed by atoms with Crippen molar-refractivity contribution in [1.29, 1.82) is 0 Å². The fourth-order valence-corrected chi connectivity index (χ4v) is 5.61. The van der Waals surface area contributed by atoms with Crippen molar-refractivity contribution in [3.8, 4) is 10.4 Å². The van der Waals surface area contributed by atoms with Crippen molar-refractivity contribution in [3.05, 3.63) is 41.0 Å². The van der Waals surface area contributed by atoms with E-state index in [1.54, 1.807) is 11.3 Å². The Labute approximate surface area is 259 Å². The molecule has 5 N–H and O–H groups in total. The first-order chi connectivity index (χ1) is 18.5. The first kappa shape index (κ1) is 36.8. The van der Waals surface area contributed by atoms with E-state index in [-0.39, 0.29) is 55.5 Å². The van der Waals surface area contributed by atoms with Crippen LogP contribution in [0.5, 0.6) is 0 Å². The van der Waals surface area contributed by atoms with Crippen LogP contribution in [-0.2, 0) is 20.9 Å².